The molecule has 1 unspecified atom stereocenters. The topological polar surface area (TPSA) is 90.3 Å². The Kier molecular flexibility index (Phi) is 9.40. The number of aryl methyl sites for hydroxylation is 1. The molecule has 1 atom stereocenters. The van der Waals surface area contributed by atoms with Gasteiger partial charge in [-0.3, -0.25) is 4.79 Å². The van der Waals surface area contributed by atoms with Crippen LogP contribution in [0.1, 0.15) is 60.9 Å². The Morgan fingerprint density at radius 1 is 1.11 bits per heavy atom. The highest BCUT2D eigenvalue weighted by Gasteiger charge is 2.43. The van der Waals surface area contributed by atoms with Gasteiger partial charge >= 0.3 is 12.1 Å². The van der Waals surface area contributed by atoms with Crippen molar-refractivity contribution in [3.63, 3.8) is 0 Å². The third-order valence-corrected chi connectivity index (χ3v) is 7.72. The Labute approximate surface area is 210 Å². The van der Waals surface area contributed by atoms with Gasteiger partial charge in [0.1, 0.15) is 0 Å². The van der Waals surface area contributed by atoms with E-state index in [9.17, 15) is 23.1 Å². The van der Waals surface area contributed by atoms with Crippen LogP contribution in [0.5, 0.6) is 0 Å². The second-order valence-corrected chi connectivity index (χ2v) is 10.5. The molecule has 0 aromatic heterocycles. The monoisotopic (exact) mass is 514 g/mol. The number of likely N-dealkylation sites (N-methyl/N-ethyl adjacent to an activating group) is 1. The van der Waals surface area contributed by atoms with Crippen LogP contribution >= 0.6 is 0 Å². The van der Waals surface area contributed by atoms with Crippen molar-refractivity contribution in [2.75, 3.05) is 33.3 Å². The maximum atomic E-state index is 12.8. The minimum atomic E-state index is -5.08. The van der Waals surface area contributed by atoms with Crippen LogP contribution in [0.2, 0.25) is 0 Å². The number of likely N-dealkylation sites (tertiary alicyclic amines) is 1. The first-order valence-electron chi connectivity index (χ1n) is 12.5. The van der Waals surface area contributed by atoms with Crippen LogP contribution in [-0.4, -0.2) is 89.6 Å². The summed E-state index contributed by atoms with van der Waals surface area (Å²) < 4.78 is 38.0. The van der Waals surface area contributed by atoms with Gasteiger partial charge in [0, 0.05) is 31.2 Å². The Hall–Kier alpha value is -2.17. The first-order valence-corrected chi connectivity index (χ1v) is 12.5. The molecule has 3 aliphatic rings. The van der Waals surface area contributed by atoms with E-state index in [0.29, 0.717) is 12.1 Å². The van der Waals surface area contributed by atoms with E-state index >= 15 is 0 Å². The normalized spacial score (nSPS) is 26.0. The van der Waals surface area contributed by atoms with Crippen LogP contribution in [-0.2, 0) is 9.53 Å². The maximum absolute atomic E-state index is 12.8. The zero-order valence-corrected chi connectivity index (χ0v) is 21.0. The molecule has 3 fully saturated rings. The summed E-state index contributed by atoms with van der Waals surface area (Å²) in [5, 5.41) is 16.9. The molecule has 4 rings (SSSR count). The van der Waals surface area contributed by atoms with Crippen molar-refractivity contribution in [1.29, 1.82) is 0 Å². The summed E-state index contributed by atoms with van der Waals surface area (Å²) in [5.74, 6) is -2.60. The van der Waals surface area contributed by atoms with E-state index in [1.165, 1.54) is 5.56 Å². The van der Waals surface area contributed by atoms with Gasteiger partial charge in [-0.25, -0.2) is 4.79 Å². The number of aliphatic hydroxyl groups is 1. The number of amides is 1. The molecule has 2 heterocycles. The van der Waals surface area contributed by atoms with Gasteiger partial charge in [0.05, 0.1) is 18.8 Å². The number of hydrogen-bond donors (Lipinski definition) is 2. The number of aliphatic hydroxyl groups excluding tert-OH is 1. The summed E-state index contributed by atoms with van der Waals surface area (Å²) in [6.45, 7) is 5.53. The highest BCUT2D eigenvalue weighted by molar-refractivity contribution is 5.94. The zero-order valence-electron chi connectivity index (χ0n) is 21.0. The van der Waals surface area contributed by atoms with Gasteiger partial charge in [0.2, 0.25) is 0 Å². The molecule has 1 aliphatic carbocycles. The average molecular weight is 515 g/mol. The quantitative estimate of drug-likeness (QED) is 0.634. The lowest BCUT2D eigenvalue weighted by molar-refractivity contribution is -0.192. The Morgan fingerprint density at radius 3 is 2.19 bits per heavy atom. The number of rotatable bonds is 4. The van der Waals surface area contributed by atoms with E-state index in [1.54, 1.807) is 0 Å². The Morgan fingerprint density at radius 2 is 1.67 bits per heavy atom. The molecule has 1 aromatic rings. The number of carbonyl (C=O) groups is 2. The molecule has 1 amide bonds. The molecule has 1 saturated carbocycles. The second kappa shape index (κ2) is 11.9. The molecular weight excluding hydrogens is 477 g/mol. The molecule has 36 heavy (non-hydrogen) atoms. The number of piperidine rings is 1. The molecule has 1 aromatic carbocycles. The van der Waals surface area contributed by atoms with Crippen molar-refractivity contribution in [1.82, 2.24) is 9.80 Å². The molecule has 10 heteroatoms. The number of hydrogen-bond acceptors (Lipinski definition) is 5. The number of halogens is 3. The predicted molar refractivity (Wildman–Crippen MR) is 128 cm³/mol. The lowest BCUT2D eigenvalue weighted by Crippen LogP contribution is -2.44. The largest absolute Gasteiger partial charge is 0.490 e. The molecule has 1 spiro atoms. The fourth-order valence-electron chi connectivity index (χ4n) is 5.39. The van der Waals surface area contributed by atoms with Crippen molar-refractivity contribution < 1.29 is 37.7 Å². The summed E-state index contributed by atoms with van der Waals surface area (Å²) >= 11 is 0. The number of benzene rings is 1. The number of ether oxygens (including phenoxy) is 1. The van der Waals surface area contributed by atoms with Gasteiger partial charge in [-0.2, -0.15) is 13.2 Å². The molecular formula is C26H37F3N2O5. The van der Waals surface area contributed by atoms with Crippen molar-refractivity contribution in [3.8, 4) is 0 Å². The summed E-state index contributed by atoms with van der Waals surface area (Å²) in [6, 6.07) is 8.48. The van der Waals surface area contributed by atoms with Gasteiger partial charge in [-0.15, -0.1) is 0 Å². The SMILES string of the molecule is Cc1ccc(C(=O)N2CCC3(CC2)COC(CN(C)C2CCC(O)CC2)C3)cc1.O=C(O)C(F)(F)F. The van der Waals surface area contributed by atoms with Crippen LogP contribution in [0.25, 0.3) is 0 Å². The smallest absolute Gasteiger partial charge is 0.475 e. The van der Waals surface area contributed by atoms with E-state index in [0.717, 1.165) is 76.8 Å². The molecule has 2 saturated heterocycles. The third kappa shape index (κ3) is 7.66. The first-order chi connectivity index (χ1) is 16.9. The van der Waals surface area contributed by atoms with Crippen LogP contribution in [0.15, 0.2) is 24.3 Å². The number of alkyl halides is 3. The minimum absolute atomic E-state index is 0.0987. The fourth-order valence-corrected chi connectivity index (χ4v) is 5.39. The maximum Gasteiger partial charge on any atom is 0.490 e. The summed E-state index contributed by atoms with van der Waals surface area (Å²) in [6.07, 6.45) is 2.34. The number of carboxylic acid groups (broad SMARTS) is 1. The predicted octanol–water partition coefficient (Wildman–Crippen LogP) is 3.87. The van der Waals surface area contributed by atoms with Crippen LogP contribution in [0, 0.1) is 12.3 Å². The van der Waals surface area contributed by atoms with E-state index < -0.39 is 12.1 Å². The van der Waals surface area contributed by atoms with Gasteiger partial charge in [-0.1, -0.05) is 17.7 Å². The zero-order chi connectivity index (χ0) is 26.5. The van der Waals surface area contributed by atoms with E-state index in [2.05, 4.69) is 11.9 Å². The van der Waals surface area contributed by atoms with Gasteiger partial charge in [-0.05, 0) is 76.5 Å². The average Bonchev–Trinajstić information content (AvgIpc) is 3.21. The van der Waals surface area contributed by atoms with Crippen LogP contribution in [0.3, 0.4) is 0 Å². The van der Waals surface area contributed by atoms with Gasteiger partial charge in [0.15, 0.2) is 0 Å². The molecule has 2 N–H and O–H groups in total. The first kappa shape index (κ1) is 28.4. The van der Waals surface area contributed by atoms with Crippen LogP contribution in [0.4, 0.5) is 13.2 Å². The summed E-state index contributed by atoms with van der Waals surface area (Å²) in [7, 11) is 2.21. The van der Waals surface area contributed by atoms with E-state index in [-0.39, 0.29) is 17.4 Å². The Bertz CT molecular complexity index is 877. The van der Waals surface area contributed by atoms with Crippen LogP contribution < -0.4 is 0 Å². The molecule has 202 valence electrons. The minimum Gasteiger partial charge on any atom is -0.475 e. The molecule has 7 nitrogen and oxygen atoms in total. The van der Waals surface area contributed by atoms with Crippen molar-refractivity contribution in [3.05, 3.63) is 35.4 Å². The molecule has 0 radical (unpaired) electrons. The second-order valence-electron chi connectivity index (χ2n) is 10.5. The fraction of sp³-hybridized carbons (Fsp3) is 0.692. The van der Waals surface area contributed by atoms with Gasteiger partial charge in [0.25, 0.3) is 5.91 Å². The lowest BCUT2D eigenvalue weighted by atomic mass is 9.76. The number of carbonyl (C=O) groups excluding carboxylic acids is 1. The lowest BCUT2D eigenvalue weighted by Gasteiger charge is -2.39. The molecule has 2 aliphatic heterocycles. The summed E-state index contributed by atoms with van der Waals surface area (Å²) in [4.78, 5) is 26.2. The standard InChI is InChI=1S/C24H36N2O3.C2HF3O2/c1-18-3-5-19(6-4-18)23(28)26-13-11-24(12-14-26)15-22(29-17-24)16-25(2)20-7-9-21(27)10-8-20;3-2(4,5)1(6)7/h3-6,20-22,27H,7-17H2,1-2H3;(H,6,7). The third-order valence-electron chi connectivity index (χ3n) is 7.72. The van der Waals surface area contributed by atoms with Gasteiger partial charge < -0.3 is 24.7 Å². The molecule has 0 bridgehead atoms. The highest BCUT2D eigenvalue weighted by atomic mass is 19.4. The van der Waals surface area contributed by atoms with Crippen molar-refractivity contribution in [2.45, 2.75) is 76.3 Å². The summed E-state index contributed by atoms with van der Waals surface area (Å²) in [5.41, 5.74) is 2.23. The van der Waals surface area contributed by atoms with Crippen molar-refractivity contribution >= 4 is 11.9 Å². The number of nitrogens with zero attached hydrogens (tertiary/aromatic N) is 2. The Balaban J connectivity index is 0.000000454. The van der Waals surface area contributed by atoms with E-state index in [4.69, 9.17) is 14.6 Å². The van der Waals surface area contributed by atoms with E-state index in [1.807, 2.05) is 36.1 Å². The van der Waals surface area contributed by atoms with Crippen molar-refractivity contribution in [2.24, 2.45) is 5.41 Å². The highest BCUT2D eigenvalue weighted by Crippen LogP contribution is 2.42. The number of aliphatic carboxylic acids is 1. The number of carboxylic acids is 1.